The Balaban J connectivity index is 1.49. The molecule has 0 radical (unpaired) electrons. The van der Waals surface area contributed by atoms with Gasteiger partial charge in [0.15, 0.2) is 0 Å². The molecule has 0 spiro atoms. The van der Waals surface area contributed by atoms with Crippen LogP contribution in [-0.2, 0) is 22.7 Å². The molecule has 1 fully saturated rings. The molecule has 6 nitrogen and oxygen atoms in total. The molecule has 3 heterocycles. The molecule has 2 unspecified atom stereocenters. The number of benzene rings is 3. The van der Waals surface area contributed by atoms with Crippen molar-refractivity contribution in [3.05, 3.63) is 130 Å². The van der Waals surface area contributed by atoms with Gasteiger partial charge in [-0.25, -0.2) is 0 Å². The molecule has 212 valence electrons. The number of aromatic nitrogens is 2. The average Bonchev–Trinajstić information content (AvgIpc) is 3.52. The highest BCUT2D eigenvalue weighted by atomic mass is 35.5. The van der Waals surface area contributed by atoms with E-state index in [9.17, 15) is 9.59 Å². The van der Waals surface area contributed by atoms with Gasteiger partial charge in [0, 0.05) is 50.3 Å². The lowest BCUT2D eigenvalue weighted by molar-refractivity contribution is -0.129. The third-order valence-electron chi connectivity index (χ3n) is 7.59. The maximum atomic E-state index is 14.5. The number of halogens is 2. The fourth-order valence-corrected chi connectivity index (χ4v) is 7.25. The molecule has 0 saturated carbocycles. The summed E-state index contributed by atoms with van der Waals surface area (Å²) in [5.41, 5.74) is 4.47. The summed E-state index contributed by atoms with van der Waals surface area (Å²) in [6.07, 6.45) is 3.62. The highest BCUT2D eigenvalue weighted by Crippen LogP contribution is 2.54. The maximum Gasteiger partial charge on any atom is 0.239 e. The van der Waals surface area contributed by atoms with Crippen molar-refractivity contribution >= 4 is 57.7 Å². The normalized spacial score (nSPS) is 18.5. The summed E-state index contributed by atoms with van der Waals surface area (Å²) in [4.78, 5) is 39.0. The molecule has 1 saturated heterocycles. The van der Waals surface area contributed by atoms with Crippen LogP contribution in [0.25, 0.3) is 10.9 Å². The van der Waals surface area contributed by atoms with Crippen molar-refractivity contribution in [2.45, 2.75) is 42.1 Å². The number of fused-ring (bicyclic) bond motifs is 1. The van der Waals surface area contributed by atoms with Crippen molar-refractivity contribution in [2.24, 2.45) is 0 Å². The average molecular weight is 616 g/mol. The van der Waals surface area contributed by atoms with E-state index in [-0.39, 0.29) is 24.8 Å². The molecular weight excluding hydrogens is 587 g/mol. The van der Waals surface area contributed by atoms with Crippen LogP contribution >= 0.6 is 35.0 Å². The molecule has 0 aliphatic carbocycles. The van der Waals surface area contributed by atoms with Gasteiger partial charge in [-0.15, -0.1) is 11.8 Å². The molecule has 1 aliphatic heterocycles. The van der Waals surface area contributed by atoms with Gasteiger partial charge in [0.2, 0.25) is 11.8 Å². The zero-order valence-corrected chi connectivity index (χ0v) is 25.1. The highest BCUT2D eigenvalue weighted by Gasteiger charge is 2.58. The van der Waals surface area contributed by atoms with E-state index in [1.165, 1.54) is 11.8 Å². The first-order valence-electron chi connectivity index (χ1n) is 13.6. The van der Waals surface area contributed by atoms with E-state index >= 15 is 0 Å². The minimum absolute atomic E-state index is 0.0259. The van der Waals surface area contributed by atoms with Crippen LogP contribution < -0.4 is 5.32 Å². The molecule has 2 N–H and O–H groups in total. The molecule has 2 aromatic heterocycles. The first kappa shape index (κ1) is 28.3. The number of rotatable bonds is 8. The number of H-pyrrole nitrogens is 1. The van der Waals surface area contributed by atoms with E-state index in [1.807, 2.05) is 103 Å². The lowest BCUT2D eigenvalue weighted by Gasteiger charge is -2.36. The second-order valence-electron chi connectivity index (χ2n) is 10.5. The van der Waals surface area contributed by atoms with Gasteiger partial charge in [-0.1, -0.05) is 65.2 Å². The van der Waals surface area contributed by atoms with Crippen LogP contribution in [0.1, 0.15) is 34.8 Å². The van der Waals surface area contributed by atoms with Crippen molar-refractivity contribution in [3.8, 4) is 0 Å². The first-order valence-corrected chi connectivity index (χ1v) is 15.1. The van der Waals surface area contributed by atoms with E-state index < -0.39 is 10.8 Å². The predicted molar refractivity (Wildman–Crippen MR) is 169 cm³/mol. The fraction of sp³-hybridized carbons (Fsp3) is 0.182. The number of amides is 2. The summed E-state index contributed by atoms with van der Waals surface area (Å²) in [7, 11) is 0. The largest absolute Gasteiger partial charge is 0.361 e. The number of hydrogen-bond donors (Lipinski definition) is 2. The van der Waals surface area contributed by atoms with Gasteiger partial charge in [0.05, 0.1) is 24.7 Å². The molecule has 42 heavy (non-hydrogen) atoms. The monoisotopic (exact) mass is 614 g/mol. The zero-order chi connectivity index (χ0) is 29.3. The van der Waals surface area contributed by atoms with Crippen molar-refractivity contribution in [1.29, 1.82) is 0 Å². The van der Waals surface area contributed by atoms with Gasteiger partial charge in [-0.05, 0) is 61.0 Å². The topological polar surface area (TPSA) is 78.1 Å². The second kappa shape index (κ2) is 11.8. The van der Waals surface area contributed by atoms with Crippen molar-refractivity contribution in [2.75, 3.05) is 0 Å². The third kappa shape index (κ3) is 5.64. The summed E-state index contributed by atoms with van der Waals surface area (Å²) < 4.78 is -1.18. The number of likely N-dealkylation sites (tertiary alicyclic amines) is 1. The Bertz CT molecular complexity index is 1740. The van der Waals surface area contributed by atoms with E-state index in [2.05, 4.69) is 15.3 Å². The van der Waals surface area contributed by atoms with E-state index in [0.717, 1.165) is 38.2 Å². The number of aromatic amines is 1. The number of hydrogen-bond acceptors (Lipinski definition) is 4. The van der Waals surface area contributed by atoms with Crippen LogP contribution in [-0.4, -0.2) is 31.4 Å². The summed E-state index contributed by atoms with van der Waals surface area (Å²) in [6, 6.07) is 26.1. The van der Waals surface area contributed by atoms with Crippen LogP contribution in [0.5, 0.6) is 0 Å². The minimum Gasteiger partial charge on any atom is -0.361 e. The molecule has 3 aromatic carbocycles. The van der Waals surface area contributed by atoms with Crippen LogP contribution in [0, 0.1) is 6.92 Å². The number of nitrogens with one attached hydrogen (secondary N) is 2. The van der Waals surface area contributed by atoms with E-state index in [4.69, 9.17) is 23.2 Å². The number of pyridine rings is 1. The van der Waals surface area contributed by atoms with Gasteiger partial charge >= 0.3 is 0 Å². The van der Waals surface area contributed by atoms with Crippen molar-refractivity contribution in [3.63, 3.8) is 0 Å². The van der Waals surface area contributed by atoms with Gasteiger partial charge in [0.25, 0.3) is 0 Å². The molecular formula is C33H28Cl2N4O2S. The second-order valence-corrected chi connectivity index (χ2v) is 12.7. The van der Waals surface area contributed by atoms with Gasteiger partial charge in [0.1, 0.15) is 4.75 Å². The number of thioether (sulfide) groups is 1. The maximum absolute atomic E-state index is 14.5. The van der Waals surface area contributed by atoms with Crippen LogP contribution in [0.3, 0.4) is 0 Å². The molecule has 9 heteroatoms. The van der Waals surface area contributed by atoms with Gasteiger partial charge in [-0.3, -0.25) is 14.6 Å². The summed E-state index contributed by atoms with van der Waals surface area (Å²) >= 11 is 13.9. The van der Waals surface area contributed by atoms with Crippen LogP contribution in [0.4, 0.5) is 0 Å². The van der Waals surface area contributed by atoms with Gasteiger partial charge < -0.3 is 15.2 Å². The summed E-state index contributed by atoms with van der Waals surface area (Å²) in [6.45, 7) is 2.60. The fourth-order valence-electron chi connectivity index (χ4n) is 5.53. The van der Waals surface area contributed by atoms with Crippen LogP contribution in [0.15, 0.2) is 102 Å². The first-order chi connectivity index (χ1) is 20.3. The van der Waals surface area contributed by atoms with E-state index in [1.54, 1.807) is 6.20 Å². The molecule has 0 bridgehead atoms. The summed E-state index contributed by atoms with van der Waals surface area (Å²) in [5, 5.41) is 5.26. The SMILES string of the molecule is Cc1ccc(SC2(C(=O)NCc3ccccn3)CC(=O)N(Cc3ccc(Cl)cc3)C2c2c[nH]c3cc(Cl)ccc23)cc1. The Morgan fingerprint density at radius 3 is 2.55 bits per heavy atom. The third-order valence-corrected chi connectivity index (χ3v) is 9.50. The van der Waals surface area contributed by atoms with Gasteiger partial charge in [-0.2, -0.15) is 0 Å². The van der Waals surface area contributed by atoms with Crippen LogP contribution in [0.2, 0.25) is 10.0 Å². The Hall–Kier alpha value is -3.78. The number of carbonyl (C=O) groups is 2. The standard InChI is InChI=1S/C33H28Cl2N4O2S/c1-21-5-12-26(13-6-21)42-33(32(41)38-18-25-4-2-3-15-36-25)17-30(40)39(20-22-7-9-23(34)10-8-22)31(33)28-19-37-29-16-24(35)11-14-27(28)29/h2-16,19,31,37H,17-18,20H2,1H3,(H,38,41). The zero-order valence-electron chi connectivity index (χ0n) is 22.8. The molecule has 6 rings (SSSR count). The number of carbonyl (C=O) groups excluding carboxylic acids is 2. The lowest BCUT2D eigenvalue weighted by atomic mass is 9.91. The smallest absolute Gasteiger partial charge is 0.239 e. The molecule has 1 aliphatic rings. The molecule has 2 atom stereocenters. The number of nitrogens with zero attached hydrogens (tertiary/aromatic N) is 2. The molecule has 2 amide bonds. The molecule has 5 aromatic rings. The quantitative estimate of drug-likeness (QED) is 0.190. The summed E-state index contributed by atoms with van der Waals surface area (Å²) in [5.74, 6) is -0.329. The van der Waals surface area contributed by atoms with Crippen molar-refractivity contribution in [1.82, 2.24) is 20.2 Å². The highest BCUT2D eigenvalue weighted by molar-refractivity contribution is 8.01. The minimum atomic E-state index is -1.18. The number of aryl methyl sites for hydroxylation is 1. The Morgan fingerprint density at radius 2 is 1.81 bits per heavy atom. The lowest BCUT2D eigenvalue weighted by Crippen LogP contribution is -2.48. The Labute approximate surface area is 258 Å². The van der Waals surface area contributed by atoms with Crippen molar-refractivity contribution < 1.29 is 9.59 Å². The van der Waals surface area contributed by atoms with E-state index in [0.29, 0.717) is 16.6 Å². The predicted octanol–water partition coefficient (Wildman–Crippen LogP) is 7.50. The Morgan fingerprint density at radius 1 is 1.05 bits per heavy atom. The Kier molecular flexibility index (Phi) is 7.99.